The number of aliphatic hydroxyl groups excluding tert-OH is 1. The average Bonchev–Trinajstić information content (AvgIpc) is 2.77. The third-order valence-electron chi connectivity index (χ3n) is 3.37. The molecule has 2 rings (SSSR count). The zero-order valence-electron chi connectivity index (χ0n) is 9.13. The van der Waals surface area contributed by atoms with E-state index >= 15 is 0 Å². The Bertz CT molecular complexity index is 359. The summed E-state index contributed by atoms with van der Waals surface area (Å²) >= 11 is 0. The van der Waals surface area contributed by atoms with Gasteiger partial charge in [-0.1, -0.05) is 18.9 Å². The van der Waals surface area contributed by atoms with Gasteiger partial charge in [0.2, 0.25) is 0 Å². The molecule has 0 saturated heterocycles. The molecule has 0 spiro atoms. The van der Waals surface area contributed by atoms with Crippen LogP contribution in [0.25, 0.3) is 0 Å². The molecule has 1 aliphatic carbocycles. The first-order chi connectivity index (χ1) is 7.66. The van der Waals surface area contributed by atoms with Crippen molar-refractivity contribution in [2.45, 2.75) is 38.2 Å². The second-order valence-electron chi connectivity index (χ2n) is 4.56. The van der Waals surface area contributed by atoms with Gasteiger partial charge in [0.05, 0.1) is 6.10 Å². The minimum atomic E-state index is -0.837. The van der Waals surface area contributed by atoms with Gasteiger partial charge >= 0.3 is 0 Å². The van der Waals surface area contributed by atoms with E-state index in [1.165, 1.54) is 25.0 Å². The Balaban J connectivity index is 1.99. The van der Waals surface area contributed by atoms with E-state index in [2.05, 4.69) is 0 Å². The minimum absolute atomic E-state index is 0.327. The predicted molar refractivity (Wildman–Crippen MR) is 58.0 cm³/mol. The van der Waals surface area contributed by atoms with Crippen molar-refractivity contribution in [2.75, 3.05) is 0 Å². The van der Waals surface area contributed by atoms with Crippen molar-refractivity contribution >= 4 is 0 Å². The Labute approximate surface area is 94.1 Å². The molecule has 1 aromatic rings. The molecular formula is C13H16F2O. The Hall–Kier alpha value is -0.960. The topological polar surface area (TPSA) is 20.2 Å². The zero-order valence-corrected chi connectivity index (χ0v) is 9.13. The van der Waals surface area contributed by atoms with E-state index in [9.17, 15) is 13.9 Å². The van der Waals surface area contributed by atoms with E-state index in [4.69, 9.17) is 0 Å². The third kappa shape index (κ3) is 2.59. The molecule has 1 unspecified atom stereocenters. The molecule has 0 aliphatic heterocycles. The number of benzene rings is 1. The van der Waals surface area contributed by atoms with Gasteiger partial charge in [-0.3, -0.25) is 0 Å². The molecule has 1 saturated carbocycles. The molecule has 1 N–H and O–H groups in total. The molecule has 88 valence electrons. The normalized spacial score (nSPS) is 18.9. The molecule has 1 nitrogen and oxygen atoms in total. The molecule has 1 fully saturated rings. The summed E-state index contributed by atoms with van der Waals surface area (Å²) < 4.78 is 25.6. The first kappa shape index (κ1) is 11.5. The van der Waals surface area contributed by atoms with Crippen molar-refractivity contribution in [3.8, 4) is 0 Å². The van der Waals surface area contributed by atoms with Gasteiger partial charge in [-0.05, 0) is 42.9 Å². The molecule has 1 atom stereocenters. The highest BCUT2D eigenvalue weighted by Crippen LogP contribution is 2.29. The zero-order chi connectivity index (χ0) is 11.5. The third-order valence-corrected chi connectivity index (χ3v) is 3.37. The molecule has 0 aromatic heterocycles. The van der Waals surface area contributed by atoms with Crippen molar-refractivity contribution < 1.29 is 13.9 Å². The fourth-order valence-electron chi connectivity index (χ4n) is 2.42. The quantitative estimate of drug-likeness (QED) is 0.839. The van der Waals surface area contributed by atoms with E-state index in [-0.39, 0.29) is 0 Å². The van der Waals surface area contributed by atoms with Crippen molar-refractivity contribution in [1.29, 1.82) is 0 Å². The van der Waals surface area contributed by atoms with Gasteiger partial charge in [-0.2, -0.15) is 0 Å². The van der Waals surface area contributed by atoms with Crippen LogP contribution in [0.5, 0.6) is 0 Å². The second kappa shape index (κ2) is 4.91. The van der Waals surface area contributed by atoms with Crippen LogP contribution in [-0.2, 0) is 6.42 Å². The van der Waals surface area contributed by atoms with Gasteiger partial charge in [0, 0.05) is 0 Å². The number of rotatable bonds is 3. The van der Waals surface area contributed by atoms with Crippen molar-refractivity contribution in [3.05, 3.63) is 35.4 Å². The smallest absolute Gasteiger partial charge is 0.159 e. The maximum Gasteiger partial charge on any atom is 0.159 e. The predicted octanol–water partition coefficient (Wildman–Crippen LogP) is 3.06. The van der Waals surface area contributed by atoms with E-state index in [1.54, 1.807) is 0 Å². The molecule has 1 aromatic carbocycles. The lowest BCUT2D eigenvalue weighted by molar-refractivity contribution is 0.111. The Morgan fingerprint density at radius 1 is 1.19 bits per heavy atom. The highest BCUT2D eigenvalue weighted by Gasteiger charge is 2.23. The fraction of sp³-hybridized carbons (Fsp3) is 0.538. The van der Waals surface area contributed by atoms with Crippen LogP contribution < -0.4 is 0 Å². The SMILES string of the molecule is OC(Cc1ccc(F)c(F)c1)C1CCCC1. The minimum Gasteiger partial charge on any atom is -0.392 e. The van der Waals surface area contributed by atoms with Crippen LogP contribution in [0.4, 0.5) is 8.78 Å². The summed E-state index contributed by atoms with van der Waals surface area (Å²) in [7, 11) is 0. The van der Waals surface area contributed by atoms with Crippen molar-refractivity contribution in [1.82, 2.24) is 0 Å². The van der Waals surface area contributed by atoms with Crippen LogP contribution in [0.1, 0.15) is 31.2 Å². The lowest BCUT2D eigenvalue weighted by atomic mass is 9.95. The van der Waals surface area contributed by atoms with Crippen LogP contribution in [0, 0.1) is 17.6 Å². The first-order valence-corrected chi connectivity index (χ1v) is 5.79. The molecular weight excluding hydrogens is 210 g/mol. The summed E-state index contributed by atoms with van der Waals surface area (Å²) in [5, 5.41) is 9.95. The van der Waals surface area contributed by atoms with Crippen molar-refractivity contribution in [3.63, 3.8) is 0 Å². The highest BCUT2D eigenvalue weighted by molar-refractivity contribution is 5.18. The van der Waals surface area contributed by atoms with Crippen LogP contribution in [-0.4, -0.2) is 11.2 Å². The molecule has 1 aliphatic rings. The average molecular weight is 226 g/mol. The van der Waals surface area contributed by atoms with E-state index < -0.39 is 17.7 Å². The van der Waals surface area contributed by atoms with Gasteiger partial charge in [-0.15, -0.1) is 0 Å². The highest BCUT2D eigenvalue weighted by atomic mass is 19.2. The Morgan fingerprint density at radius 3 is 2.50 bits per heavy atom. The van der Waals surface area contributed by atoms with Gasteiger partial charge in [0.25, 0.3) is 0 Å². The number of aliphatic hydroxyl groups is 1. The summed E-state index contributed by atoms with van der Waals surface area (Å²) in [6.07, 6.45) is 4.42. The summed E-state index contributed by atoms with van der Waals surface area (Å²) in [6.45, 7) is 0. The Kier molecular flexibility index (Phi) is 3.54. The summed E-state index contributed by atoms with van der Waals surface area (Å²) in [5.74, 6) is -1.34. The number of hydrogen-bond acceptors (Lipinski definition) is 1. The van der Waals surface area contributed by atoms with Gasteiger partial charge in [-0.25, -0.2) is 8.78 Å². The molecule has 0 amide bonds. The summed E-state index contributed by atoms with van der Waals surface area (Å²) in [5.41, 5.74) is 0.665. The molecule has 0 bridgehead atoms. The molecule has 16 heavy (non-hydrogen) atoms. The standard InChI is InChI=1S/C13H16F2O/c14-11-6-5-9(7-12(11)15)8-13(16)10-3-1-2-4-10/h5-7,10,13,16H,1-4,8H2. The summed E-state index contributed by atoms with van der Waals surface area (Å²) in [4.78, 5) is 0. The van der Waals surface area contributed by atoms with E-state index in [0.717, 1.165) is 18.9 Å². The van der Waals surface area contributed by atoms with E-state index in [1.807, 2.05) is 0 Å². The maximum absolute atomic E-state index is 13.0. The summed E-state index contributed by atoms with van der Waals surface area (Å²) in [6, 6.07) is 3.83. The lowest BCUT2D eigenvalue weighted by Crippen LogP contribution is -2.20. The largest absolute Gasteiger partial charge is 0.392 e. The lowest BCUT2D eigenvalue weighted by Gasteiger charge is -2.17. The first-order valence-electron chi connectivity index (χ1n) is 5.79. The fourth-order valence-corrected chi connectivity index (χ4v) is 2.42. The number of hydrogen-bond donors (Lipinski definition) is 1. The van der Waals surface area contributed by atoms with Gasteiger partial charge < -0.3 is 5.11 Å². The molecule has 0 radical (unpaired) electrons. The van der Waals surface area contributed by atoms with Crippen LogP contribution in [0.2, 0.25) is 0 Å². The molecule has 0 heterocycles. The Morgan fingerprint density at radius 2 is 1.88 bits per heavy atom. The van der Waals surface area contributed by atoms with Crippen molar-refractivity contribution in [2.24, 2.45) is 5.92 Å². The van der Waals surface area contributed by atoms with Crippen LogP contribution in [0.15, 0.2) is 18.2 Å². The maximum atomic E-state index is 13.0. The van der Waals surface area contributed by atoms with Crippen LogP contribution >= 0.6 is 0 Å². The van der Waals surface area contributed by atoms with Crippen LogP contribution in [0.3, 0.4) is 0 Å². The van der Waals surface area contributed by atoms with E-state index in [0.29, 0.717) is 17.9 Å². The molecule has 3 heteroatoms. The van der Waals surface area contributed by atoms with Gasteiger partial charge in [0.15, 0.2) is 11.6 Å². The second-order valence-corrected chi connectivity index (χ2v) is 4.56. The monoisotopic (exact) mass is 226 g/mol. The number of halogens is 2. The van der Waals surface area contributed by atoms with Gasteiger partial charge in [0.1, 0.15) is 0 Å².